The first kappa shape index (κ1) is 14.0. The first-order valence-corrected chi connectivity index (χ1v) is 6.55. The number of nitrogens with one attached hydrogen (secondary N) is 2. The van der Waals surface area contributed by atoms with Crippen LogP contribution in [-0.2, 0) is 0 Å². The minimum Gasteiger partial charge on any atom is -0.370 e. The summed E-state index contributed by atoms with van der Waals surface area (Å²) in [5.41, 5.74) is 2.99. The number of nitrogens with zero attached hydrogens (tertiary/aromatic N) is 2. The van der Waals surface area contributed by atoms with Crippen LogP contribution in [-0.4, -0.2) is 22.4 Å². The summed E-state index contributed by atoms with van der Waals surface area (Å²) in [5, 5.41) is 5.98. The number of carbonyl (C=O) groups is 1. The molecule has 0 radical (unpaired) electrons. The molecule has 0 aliphatic carbocycles. The fourth-order valence-corrected chi connectivity index (χ4v) is 1.90. The van der Waals surface area contributed by atoms with E-state index in [1.807, 2.05) is 26.8 Å². The maximum atomic E-state index is 12.2. The van der Waals surface area contributed by atoms with Crippen LogP contribution in [0.3, 0.4) is 0 Å². The van der Waals surface area contributed by atoms with Crippen molar-refractivity contribution in [2.75, 3.05) is 17.2 Å². The Balaban J connectivity index is 2.20. The van der Waals surface area contributed by atoms with Gasteiger partial charge in [-0.1, -0.05) is 0 Å². The highest BCUT2D eigenvalue weighted by Gasteiger charge is 2.09. The monoisotopic (exact) mass is 270 g/mol. The Bertz CT molecular complexity index is 625. The average molecular weight is 270 g/mol. The number of rotatable bonds is 4. The third-order valence-electron chi connectivity index (χ3n) is 2.73. The molecule has 2 heterocycles. The van der Waals surface area contributed by atoms with Crippen LogP contribution in [0.15, 0.2) is 30.5 Å². The number of pyridine rings is 2. The van der Waals surface area contributed by atoms with Gasteiger partial charge in [-0.15, -0.1) is 0 Å². The van der Waals surface area contributed by atoms with E-state index in [1.165, 1.54) is 0 Å². The second-order valence-corrected chi connectivity index (χ2v) is 4.55. The molecular weight excluding hydrogens is 252 g/mol. The molecule has 0 fully saturated rings. The predicted octanol–water partition coefficient (Wildman–Crippen LogP) is 2.78. The van der Waals surface area contributed by atoms with Crippen LogP contribution >= 0.6 is 0 Å². The lowest BCUT2D eigenvalue weighted by Crippen LogP contribution is -2.13. The van der Waals surface area contributed by atoms with Gasteiger partial charge < -0.3 is 10.6 Å². The van der Waals surface area contributed by atoms with E-state index in [9.17, 15) is 4.79 Å². The van der Waals surface area contributed by atoms with Gasteiger partial charge in [0.05, 0.1) is 0 Å². The van der Waals surface area contributed by atoms with Gasteiger partial charge in [0.25, 0.3) is 5.91 Å². The quantitative estimate of drug-likeness (QED) is 0.896. The van der Waals surface area contributed by atoms with E-state index in [4.69, 9.17) is 0 Å². The van der Waals surface area contributed by atoms with Crippen LogP contribution in [0.1, 0.15) is 28.7 Å². The summed E-state index contributed by atoms with van der Waals surface area (Å²) in [6, 6.07) is 7.12. The summed E-state index contributed by atoms with van der Waals surface area (Å²) in [6.45, 7) is 6.51. The maximum Gasteiger partial charge on any atom is 0.255 e. The predicted molar refractivity (Wildman–Crippen MR) is 80.1 cm³/mol. The topological polar surface area (TPSA) is 66.9 Å². The molecule has 2 aromatic rings. The lowest BCUT2D eigenvalue weighted by molar-refractivity contribution is 0.102. The molecule has 5 nitrogen and oxygen atoms in total. The van der Waals surface area contributed by atoms with Crippen molar-refractivity contribution in [3.63, 3.8) is 0 Å². The van der Waals surface area contributed by atoms with Crippen LogP contribution in [0, 0.1) is 13.8 Å². The molecule has 104 valence electrons. The van der Waals surface area contributed by atoms with Gasteiger partial charge in [-0.25, -0.2) is 4.98 Å². The van der Waals surface area contributed by atoms with Crippen LogP contribution in [0.2, 0.25) is 0 Å². The van der Waals surface area contributed by atoms with Gasteiger partial charge in [0.1, 0.15) is 5.82 Å². The highest BCUT2D eigenvalue weighted by molar-refractivity contribution is 6.04. The SMILES string of the molecule is CCNc1cc(C(=O)Nc2ccnc(C)c2)cc(C)n1. The Kier molecular flexibility index (Phi) is 4.30. The summed E-state index contributed by atoms with van der Waals surface area (Å²) >= 11 is 0. The number of hydrogen-bond donors (Lipinski definition) is 2. The van der Waals surface area contributed by atoms with Crippen molar-refractivity contribution in [1.29, 1.82) is 0 Å². The summed E-state index contributed by atoms with van der Waals surface area (Å²) in [6.07, 6.45) is 1.67. The molecule has 0 bridgehead atoms. The van der Waals surface area contributed by atoms with Crippen molar-refractivity contribution in [1.82, 2.24) is 9.97 Å². The van der Waals surface area contributed by atoms with E-state index in [2.05, 4.69) is 20.6 Å². The second-order valence-electron chi connectivity index (χ2n) is 4.55. The zero-order chi connectivity index (χ0) is 14.5. The lowest BCUT2D eigenvalue weighted by Gasteiger charge is -2.09. The number of carbonyl (C=O) groups excluding carboxylic acids is 1. The van der Waals surface area contributed by atoms with Gasteiger partial charge in [-0.05, 0) is 45.0 Å². The zero-order valence-corrected chi connectivity index (χ0v) is 11.9. The minimum absolute atomic E-state index is 0.153. The second kappa shape index (κ2) is 6.14. The Morgan fingerprint density at radius 3 is 2.70 bits per heavy atom. The number of amides is 1. The molecule has 0 aliphatic heterocycles. The van der Waals surface area contributed by atoms with Crippen LogP contribution in [0.5, 0.6) is 0 Å². The molecule has 2 rings (SSSR count). The van der Waals surface area contributed by atoms with Gasteiger partial charge in [-0.3, -0.25) is 9.78 Å². The molecule has 0 aromatic carbocycles. The first-order valence-electron chi connectivity index (χ1n) is 6.55. The molecule has 0 spiro atoms. The highest BCUT2D eigenvalue weighted by Crippen LogP contribution is 2.13. The van der Waals surface area contributed by atoms with Gasteiger partial charge >= 0.3 is 0 Å². The lowest BCUT2D eigenvalue weighted by atomic mass is 10.2. The first-order chi connectivity index (χ1) is 9.58. The van der Waals surface area contributed by atoms with E-state index in [0.717, 1.165) is 23.6 Å². The molecule has 0 unspecified atom stereocenters. The van der Waals surface area contributed by atoms with E-state index in [0.29, 0.717) is 11.4 Å². The van der Waals surface area contributed by atoms with E-state index in [1.54, 1.807) is 24.4 Å². The number of hydrogen-bond acceptors (Lipinski definition) is 4. The molecule has 2 N–H and O–H groups in total. The Morgan fingerprint density at radius 1 is 1.20 bits per heavy atom. The summed E-state index contributed by atoms with van der Waals surface area (Å²) in [5.74, 6) is 0.559. The summed E-state index contributed by atoms with van der Waals surface area (Å²) < 4.78 is 0. The third kappa shape index (κ3) is 3.54. The molecule has 5 heteroatoms. The molecule has 0 aliphatic rings. The number of aromatic nitrogens is 2. The van der Waals surface area contributed by atoms with Gasteiger partial charge in [0, 0.05) is 35.4 Å². The Labute approximate surface area is 118 Å². The highest BCUT2D eigenvalue weighted by atomic mass is 16.1. The van der Waals surface area contributed by atoms with Crippen molar-refractivity contribution in [2.24, 2.45) is 0 Å². The fraction of sp³-hybridized carbons (Fsp3) is 0.267. The molecule has 2 aromatic heterocycles. The molecule has 0 saturated heterocycles. The molecule has 0 atom stereocenters. The molecular formula is C15H18N4O. The van der Waals surface area contributed by atoms with Crippen molar-refractivity contribution >= 4 is 17.4 Å². The van der Waals surface area contributed by atoms with Crippen LogP contribution in [0.25, 0.3) is 0 Å². The molecule has 20 heavy (non-hydrogen) atoms. The molecule has 0 saturated carbocycles. The van der Waals surface area contributed by atoms with Gasteiger partial charge in [0.15, 0.2) is 0 Å². The van der Waals surface area contributed by atoms with Crippen molar-refractivity contribution in [2.45, 2.75) is 20.8 Å². The number of aryl methyl sites for hydroxylation is 2. The largest absolute Gasteiger partial charge is 0.370 e. The number of anilines is 2. The van der Waals surface area contributed by atoms with E-state index >= 15 is 0 Å². The van der Waals surface area contributed by atoms with Crippen LogP contribution < -0.4 is 10.6 Å². The normalized spacial score (nSPS) is 10.2. The average Bonchev–Trinajstić information content (AvgIpc) is 2.38. The van der Waals surface area contributed by atoms with Crippen molar-refractivity contribution < 1.29 is 4.79 Å². The van der Waals surface area contributed by atoms with Gasteiger partial charge in [0.2, 0.25) is 0 Å². The van der Waals surface area contributed by atoms with E-state index < -0.39 is 0 Å². The summed E-state index contributed by atoms with van der Waals surface area (Å²) in [7, 11) is 0. The third-order valence-corrected chi connectivity index (χ3v) is 2.73. The minimum atomic E-state index is -0.153. The summed E-state index contributed by atoms with van der Waals surface area (Å²) in [4.78, 5) is 20.7. The van der Waals surface area contributed by atoms with Crippen molar-refractivity contribution in [3.05, 3.63) is 47.4 Å². The van der Waals surface area contributed by atoms with Crippen molar-refractivity contribution in [3.8, 4) is 0 Å². The standard InChI is InChI=1S/C15H18N4O/c1-4-16-14-9-12(7-11(3)18-14)15(20)19-13-5-6-17-10(2)8-13/h5-9H,4H2,1-3H3,(H,16,18)(H,17,19,20). The maximum absolute atomic E-state index is 12.2. The Hall–Kier alpha value is -2.43. The fourth-order valence-electron chi connectivity index (χ4n) is 1.90. The van der Waals surface area contributed by atoms with Gasteiger partial charge in [-0.2, -0.15) is 0 Å². The van der Waals surface area contributed by atoms with E-state index in [-0.39, 0.29) is 5.91 Å². The van der Waals surface area contributed by atoms with Crippen LogP contribution in [0.4, 0.5) is 11.5 Å². The smallest absolute Gasteiger partial charge is 0.255 e. The Morgan fingerprint density at radius 2 is 2.00 bits per heavy atom. The zero-order valence-electron chi connectivity index (χ0n) is 11.9. The molecule has 1 amide bonds.